The molecule has 90 valence electrons. The second-order valence-electron chi connectivity index (χ2n) is 3.84. The molecule has 2 aromatic heterocycles. The molecule has 18 heavy (non-hydrogen) atoms. The summed E-state index contributed by atoms with van der Waals surface area (Å²) in [5, 5.41) is 0. The van der Waals surface area contributed by atoms with Crippen LogP contribution >= 0.6 is 31.9 Å². The topological polar surface area (TPSA) is 17.3 Å². The van der Waals surface area contributed by atoms with Crippen LogP contribution in [0.4, 0.5) is 4.39 Å². The maximum atomic E-state index is 13.2. The van der Waals surface area contributed by atoms with Gasteiger partial charge in [0.05, 0.1) is 14.6 Å². The maximum absolute atomic E-state index is 13.2. The first-order chi connectivity index (χ1) is 8.65. The average Bonchev–Trinajstić information content (AvgIpc) is 2.78. The number of pyridine rings is 1. The number of hydrogen-bond donors (Lipinski definition) is 0. The van der Waals surface area contributed by atoms with Crippen LogP contribution in [-0.2, 0) is 0 Å². The Bertz CT molecular complexity index is 737. The number of benzene rings is 1. The molecule has 0 radical (unpaired) electrons. The van der Waals surface area contributed by atoms with Gasteiger partial charge in [-0.1, -0.05) is 0 Å². The van der Waals surface area contributed by atoms with E-state index in [9.17, 15) is 4.39 Å². The number of imidazole rings is 1. The van der Waals surface area contributed by atoms with E-state index in [2.05, 4.69) is 36.8 Å². The Labute approximate surface area is 120 Å². The molecule has 0 amide bonds. The Morgan fingerprint density at radius 2 is 1.94 bits per heavy atom. The van der Waals surface area contributed by atoms with Crippen LogP contribution in [0.25, 0.3) is 16.9 Å². The minimum atomic E-state index is -0.274. The van der Waals surface area contributed by atoms with Gasteiger partial charge in [0.25, 0.3) is 0 Å². The molecular weight excluding hydrogens is 363 g/mol. The Balaban J connectivity index is 2.19. The van der Waals surface area contributed by atoms with Crippen LogP contribution in [0.15, 0.2) is 51.7 Å². The largest absolute Gasteiger partial charge is 0.306 e. The highest BCUT2D eigenvalue weighted by atomic mass is 79.9. The lowest BCUT2D eigenvalue weighted by atomic mass is 10.2. The molecule has 0 aliphatic heterocycles. The number of rotatable bonds is 1. The quantitative estimate of drug-likeness (QED) is 0.609. The first-order valence-electron chi connectivity index (χ1n) is 5.24. The standard InChI is InChI=1S/C13H7Br2FN2/c14-9-2-1-5-18-7-12(17-13(9)18)8-3-4-11(16)10(15)6-8/h1-7H. The lowest BCUT2D eigenvalue weighted by Gasteiger charge is -1.98. The molecule has 2 heterocycles. The first-order valence-corrected chi connectivity index (χ1v) is 6.82. The lowest BCUT2D eigenvalue weighted by molar-refractivity contribution is 0.621. The lowest BCUT2D eigenvalue weighted by Crippen LogP contribution is -1.81. The number of hydrogen-bond acceptors (Lipinski definition) is 1. The minimum Gasteiger partial charge on any atom is -0.306 e. The van der Waals surface area contributed by atoms with E-state index in [0.717, 1.165) is 21.4 Å². The van der Waals surface area contributed by atoms with Crippen LogP contribution in [0.3, 0.4) is 0 Å². The molecule has 0 spiro atoms. The van der Waals surface area contributed by atoms with E-state index in [1.165, 1.54) is 6.07 Å². The summed E-state index contributed by atoms with van der Waals surface area (Å²) in [6, 6.07) is 8.75. The van der Waals surface area contributed by atoms with Crippen molar-refractivity contribution >= 4 is 37.5 Å². The fourth-order valence-corrected chi connectivity index (χ4v) is 2.60. The smallest absolute Gasteiger partial charge is 0.151 e. The van der Waals surface area contributed by atoms with Crippen LogP contribution in [0, 0.1) is 5.82 Å². The molecule has 0 aliphatic rings. The summed E-state index contributed by atoms with van der Waals surface area (Å²) >= 11 is 6.64. The summed E-state index contributed by atoms with van der Waals surface area (Å²) in [5.74, 6) is -0.274. The van der Waals surface area contributed by atoms with Gasteiger partial charge in [-0.3, -0.25) is 0 Å². The number of halogens is 3. The van der Waals surface area contributed by atoms with Gasteiger partial charge >= 0.3 is 0 Å². The predicted octanol–water partition coefficient (Wildman–Crippen LogP) is 4.67. The predicted molar refractivity (Wildman–Crippen MR) is 76.0 cm³/mol. The van der Waals surface area contributed by atoms with Crippen LogP contribution in [0.5, 0.6) is 0 Å². The number of fused-ring (bicyclic) bond motifs is 1. The highest BCUT2D eigenvalue weighted by Crippen LogP contribution is 2.26. The van der Waals surface area contributed by atoms with Gasteiger partial charge in [-0.15, -0.1) is 0 Å². The molecule has 2 nitrogen and oxygen atoms in total. The van der Waals surface area contributed by atoms with Crippen molar-refractivity contribution in [2.45, 2.75) is 0 Å². The second-order valence-corrected chi connectivity index (χ2v) is 5.55. The molecule has 0 N–H and O–H groups in total. The van der Waals surface area contributed by atoms with Gasteiger partial charge in [-0.05, 0) is 62.2 Å². The molecule has 0 atom stereocenters. The molecule has 0 saturated heterocycles. The molecule has 1 aromatic carbocycles. The Morgan fingerprint density at radius 3 is 2.67 bits per heavy atom. The highest BCUT2D eigenvalue weighted by molar-refractivity contribution is 9.11. The number of aromatic nitrogens is 2. The molecule has 5 heteroatoms. The van der Waals surface area contributed by atoms with Crippen molar-refractivity contribution in [3.8, 4) is 11.3 Å². The Hall–Kier alpha value is -1.20. The third-order valence-electron chi connectivity index (χ3n) is 2.65. The molecule has 3 aromatic rings. The van der Waals surface area contributed by atoms with E-state index >= 15 is 0 Å². The summed E-state index contributed by atoms with van der Waals surface area (Å²) in [4.78, 5) is 4.53. The second kappa shape index (κ2) is 4.48. The summed E-state index contributed by atoms with van der Waals surface area (Å²) in [6.45, 7) is 0. The van der Waals surface area contributed by atoms with Gasteiger partial charge in [0.1, 0.15) is 5.82 Å². The van der Waals surface area contributed by atoms with Crippen molar-refractivity contribution in [1.29, 1.82) is 0 Å². The molecular formula is C13H7Br2FN2. The van der Waals surface area contributed by atoms with Crippen molar-refractivity contribution in [3.63, 3.8) is 0 Å². The van der Waals surface area contributed by atoms with Gasteiger partial charge in [0.2, 0.25) is 0 Å². The molecule has 0 unspecified atom stereocenters. The van der Waals surface area contributed by atoms with Gasteiger partial charge in [-0.2, -0.15) is 0 Å². The molecule has 0 bridgehead atoms. The monoisotopic (exact) mass is 368 g/mol. The van der Waals surface area contributed by atoms with E-state index in [1.54, 1.807) is 12.1 Å². The van der Waals surface area contributed by atoms with Gasteiger partial charge in [0, 0.05) is 18.0 Å². The van der Waals surface area contributed by atoms with Crippen molar-refractivity contribution in [3.05, 3.63) is 57.5 Å². The van der Waals surface area contributed by atoms with Crippen molar-refractivity contribution in [2.75, 3.05) is 0 Å². The van der Waals surface area contributed by atoms with E-state index in [4.69, 9.17) is 0 Å². The van der Waals surface area contributed by atoms with Gasteiger partial charge in [0.15, 0.2) is 5.65 Å². The SMILES string of the molecule is Fc1ccc(-c2cn3cccc(Br)c3n2)cc1Br. The van der Waals surface area contributed by atoms with E-state index in [0.29, 0.717) is 4.47 Å². The Kier molecular flexibility index (Phi) is 2.95. The van der Waals surface area contributed by atoms with Crippen molar-refractivity contribution in [1.82, 2.24) is 9.38 Å². The summed E-state index contributed by atoms with van der Waals surface area (Å²) in [7, 11) is 0. The molecule has 0 saturated carbocycles. The third kappa shape index (κ3) is 1.97. The van der Waals surface area contributed by atoms with Gasteiger partial charge in [-0.25, -0.2) is 9.37 Å². The highest BCUT2D eigenvalue weighted by Gasteiger charge is 2.08. The molecule has 0 aliphatic carbocycles. The van der Waals surface area contributed by atoms with Crippen molar-refractivity contribution < 1.29 is 4.39 Å². The zero-order valence-electron chi connectivity index (χ0n) is 9.07. The minimum absolute atomic E-state index is 0.274. The average molecular weight is 370 g/mol. The zero-order chi connectivity index (χ0) is 12.7. The van der Waals surface area contributed by atoms with Crippen LogP contribution in [0.1, 0.15) is 0 Å². The van der Waals surface area contributed by atoms with E-state index < -0.39 is 0 Å². The summed E-state index contributed by atoms with van der Waals surface area (Å²) in [5.41, 5.74) is 2.52. The fourth-order valence-electron chi connectivity index (χ4n) is 1.77. The zero-order valence-corrected chi connectivity index (χ0v) is 12.2. The van der Waals surface area contributed by atoms with Crippen molar-refractivity contribution in [2.24, 2.45) is 0 Å². The van der Waals surface area contributed by atoms with Crippen LogP contribution in [0.2, 0.25) is 0 Å². The third-order valence-corrected chi connectivity index (χ3v) is 3.88. The molecule has 3 rings (SSSR count). The summed E-state index contributed by atoms with van der Waals surface area (Å²) < 4.78 is 16.5. The fraction of sp³-hybridized carbons (Fsp3) is 0. The summed E-state index contributed by atoms with van der Waals surface area (Å²) in [6.07, 6.45) is 3.84. The maximum Gasteiger partial charge on any atom is 0.151 e. The number of nitrogens with zero attached hydrogens (tertiary/aromatic N) is 2. The normalized spacial score (nSPS) is 11.1. The van der Waals surface area contributed by atoms with Gasteiger partial charge < -0.3 is 4.40 Å². The van der Waals surface area contributed by atoms with E-state index in [1.807, 2.05) is 28.9 Å². The van der Waals surface area contributed by atoms with E-state index in [-0.39, 0.29) is 5.82 Å². The Morgan fingerprint density at radius 1 is 1.11 bits per heavy atom. The first kappa shape index (κ1) is 11.9. The van der Waals surface area contributed by atoms with Crippen LogP contribution < -0.4 is 0 Å². The van der Waals surface area contributed by atoms with Crippen LogP contribution in [-0.4, -0.2) is 9.38 Å². The molecule has 0 fully saturated rings.